The highest BCUT2D eigenvalue weighted by molar-refractivity contribution is 7.22. The van der Waals surface area contributed by atoms with E-state index in [9.17, 15) is 9.59 Å². The lowest BCUT2D eigenvalue weighted by atomic mass is 10.3. The van der Waals surface area contributed by atoms with E-state index in [1.165, 1.54) is 21.1 Å². The van der Waals surface area contributed by atoms with Crippen molar-refractivity contribution in [1.29, 1.82) is 0 Å². The zero-order chi connectivity index (χ0) is 20.7. The normalized spacial score (nSPS) is 9.89. The number of hydrogen-bond acceptors (Lipinski definition) is 4. The van der Waals surface area contributed by atoms with Crippen molar-refractivity contribution in [2.75, 3.05) is 38.4 Å². The molecule has 0 unspecified atom stereocenters. The minimum atomic E-state index is -0.158. The van der Waals surface area contributed by atoms with Crippen LogP contribution in [0.25, 0.3) is 10.2 Å². The number of hydrogen-bond donors (Lipinski definition) is 2. The van der Waals surface area contributed by atoms with E-state index in [4.69, 9.17) is 11.6 Å². The van der Waals surface area contributed by atoms with Crippen molar-refractivity contribution < 1.29 is 9.59 Å². The van der Waals surface area contributed by atoms with Gasteiger partial charge in [-0.2, -0.15) is 0 Å². The SMILES string of the molecule is CN(C)C(=O)Nc1ccc(Cl)cc1.CNC(=O)N(C)c1nc2ccccc2s1. The van der Waals surface area contributed by atoms with Gasteiger partial charge in [0, 0.05) is 38.9 Å². The number of carbonyl (C=O) groups is 2. The molecule has 0 aliphatic heterocycles. The van der Waals surface area contributed by atoms with Crippen LogP contribution in [-0.4, -0.2) is 50.1 Å². The Morgan fingerprint density at radius 1 is 1.00 bits per heavy atom. The maximum absolute atomic E-state index is 11.4. The number of rotatable bonds is 2. The molecule has 28 heavy (non-hydrogen) atoms. The third-order valence-electron chi connectivity index (χ3n) is 3.59. The monoisotopic (exact) mass is 419 g/mol. The van der Waals surface area contributed by atoms with Gasteiger partial charge in [0.05, 0.1) is 10.2 Å². The third-order valence-corrected chi connectivity index (χ3v) is 4.95. The Hall–Kier alpha value is -2.84. The highest BCUT2D eigenvalue weighted by Crippen LogP contribution is 2.27. The first-order chi connectivity index (χ1) is 13.3. The van der Waals surface area contributed by atoms with Gasteiger partial charge in [-0.05, 0) is 36.4 Å². The number of amides is 4. The molecule has 3 aromatic rings. The molecule has 1 aromatic heterocycles. The molecule has 0 saturated carbocycles. The molecule has 2 aromatic carbocycles. The molecular formula is C19H22ClN5O2S. The second-order valence-electron chi connectivity index (χ2n) is 5.91. The number of urea groups is 2. The van der Waals surface area contributed by atoms with Crippen molar-refractivity contribution in [3.8, 4) is 0 Å². The molecule has 1 heterocycles. The summed E-state index contributed by atoms with van der Waals surface area (Å²) in [5.41, 5.74) is 1.66. The zero-order valence-corrected chi connectivity index (χ0v) is 17.6. The number of benzene rings is 2. The Labute approximate surface area is 172 Å². The first-order valence-electron chi connectivity index (χ1n) is 8.36. The summed E-state index contributed by atoms with van der Waals surface area (Å²) >= 11 is 7.19. The van der Waals surface area contributed by atoms with Gasteiger partial charge in [0.2, 0.25) is 0 Å². The lowest BCUT2D eigenvalue weighted by molar-refractivity contribution is 0.230. The second kappa shape index (κ2) is 9.91. The molecule has 0 aliphatic rings. The predicted molar refractivity (Wildman–Crippen MR) is 117 cm³/mol. The fourth-order valence-electron chi connectivity index (χ4n) is 2.03. The summed E-state index contributed by atoms with van der Waals surface area (Å²) in [6.07, 6.45) is 0. The number of thiazole rings is 1. The topological polar surface area (TPSA) is 77.6 Å². The Bertz CT molecular complexity index is 910. The van der Waals surface area contributed by atoms with Crippen molar-refractivity contribution in [2.24, 2.45) is 0 Å². The van der Waals surface area contributed by atoms with Gasteiger partial charge in [0.1, 0.15) is 0 Å². The van der Waals surface area contributed by atoms with E-state index in [-0.39, 0.29) is 12.1 Å². The van der Waals surface area contributed by atoms with Crippen LogP contribution < -0.4 is 15.5 Å². The maximum Gasteiger partial charge on any atom is 0.323 e. The molecule has 0 radical (unpaired) electrons. The van der Waals surface area contributed by atoms with Crippen LogP contribution >= 0.6 is 22.9 Å². The van der Waals surface area contributed by atoms with Crippen LogP contribution in [0.1, 0.15) is 0 Å². The molecule has 148 valence electrons. The smallest absolute Gasteiger partial charge is 0.323 e. The number of para-hydroxylation sites is 1. The number of nitrogens with zero attached hydrogens (tertiary/aromatic N) is 3. The van der Waals surface area contributed by atoms with E-state index in [0.717, 1.165) is 15.9 Å². The Morgan fingerprint density at radius 2 is 1.64 bits per heavy atom. The second-order valence-corrected chi connectivity index (χ2v) is 7.36. The number of fused-ring (bicyclic) bond motifs is 1. The van der Waals surface area contributed by atoms with Gasteiger partial charge in [-0.3, -0.25) is 4.90 Å². The van der Waals surface area contributed by atoms with Crippen molar-refractivity contribution >= 4 is 56.0 Å². The summed E-state index contributed by atoms with van der Waals surface area (Å²) in [5, 5.41) is 6.62. The molecule has 2 N–H and O–H groups in total. The predicted octanol–water partition coefficient (Wildman–Crippen LogP) is 4.51. The van der Waals surface area contributed by atoms with Crippen LogP contribution in [0.3, 0.4) is 0 Å². The molecular weight excluding hydrogens is 398 g/mol. The number of anilines is 2. The fraction of sp³-hybridized carbons (Fsp3) is 0.211. The van der Waals surface area contributed by atoms with Gasteiger partial charge in [-0.25, -0.2) is 14.6 Å². The average Bonchev–Trinajstić information content (AvgIpc) is 3.13. The van der Waals surface area contributed by atoms with Crippen LogP contribution in [0.15, 0.2) is 48.5 Å². The van der Waals surface area contributed by atoms with Crippen LogP contribution in [0.5, 0.6) is 0 Å². The van der Waals surface area contributed by atoms with E-state index in [1.54, 1.807) is 52.5 Å². The van der Waals surface area contributed by atoms with Crippen molar-refractivity contribution in [3.05, 3.63) is 53.6 Å². The molecule has 3 rings (SSSR count). The van der Waals surface area contributed by atoms with Crippen LogP contribution in [0.4, 0.5) is 20.4 Å². The Balaban J connectivity index is 0.000000203. The summed E-state index contributed by atoms with van der Waals surface area (Å²) in [5.74, 6) is 0. The molecule has 9 heteroatoms. The van der Waals surface area contributed by atoms with Gasteiger partial charge >= 0.3 is 12.1 Å². The van der Waals surface area contributed by atoms with E-state index in [1.807, 2.05) is 24.3 Å². The number of halogens is 1. The highest BCUT2D eigenvalue weighted by atomic mass is 35.5. The van der Waals surface area contributed by atoms with Crippen LogP contribution in [0, 0.1) is 0 Å². The van der Waals surface area contributed by atoms with E-state index in [2.05, 4.69) is 15.6 Å². The van der Waals surface area contributed by atoms with Gasteiger partial charge < -0.3 is 15.5 Å². The van der Waals surface area contributed by atoms with Crippen molar-refractivity contribution in [3.63, 3.8) is 0 Å². The van der Waals surface area contributed by atoms with Crippen LogP contribution in [-0.2, 0) is 0 Å². The summed E-state index contributed by atoms with van der Waals surface area (Å²) in [4.78, 5) is 29.9. The van der Waals surface area contributed by atoms with E-state index < -0.39 is 0 Å². The lowest BCUT2D eigenvalue weighted by Crippen LogP contribution is -2.34. The van der Waals surface area contributed by atoms with Gasteiger partial charge in [0.15, 0.2) is 5.13 Å². The molecule has 4 amide bonds. The minimum Gasteiger partial charge on any atom is -0.341 e. The minimum absolute atomic E-state index is 0.151. The van der Waals surface area contributed by atoms with Crippen molar-refractivity contribution in [1.82, 2.24) is 15.2 Å². The number of nitrogens with one attached hydrogen (secondary N) is 2. The maximum atomic E-state index is 11.4. The number of carbonyl (C=O) groups excluding carboxylic acids is 2. The largest absolute Gasteiger partial charge is 0.341 e. The van der Waals surface area contributed by atoms with Gasteiger partial charge in [-0.15, -0.1) is 0 Å². The molecule has 0 fully saturated rings. The summed E-state index contributed by atoms with van der Waals surface area (Å²) in [7, 11) is 6.68. The molecule has 0 bridgehead atoms. The van der Waals surface area contributed by atoms with Gasteiger partial charge in [-0.1, -0.05) is 35.1 Å². The first-order valence-corrected chi connectivity index (χ1v) is 9.56. The standard InChI is InChI=1S/C10H11N3OS.C9H11ClN2O/c1-11-9(14)13(2)10-12-7-5-3-4-6-8(7)15-10;1-12(2)9(13)11-8-5-3-7(10)4-6-8/h3-6H,1-2H3,(H,11,14);3-6H,1-2H3,(H,11,13). The molecule has 0 atom stereocenters. The molecule has 0 aliphatic carbocycles. The first kappa shape index (κ1) is 21.5. The Morgan fingerprint density at radius 3 is 2.21 bits per heavy atom. The zero-order valence-electron chi connectivity index (χ0n) is 16.1. The van der Waals surface area contributed by atoms with Crippen molar-refractivity contribution in [2.45, 2.75) is 0 Å². The quantitative estimate of drug-likeness (QED) is 0.641. The summed E-state index contributed by atoms with van der Waals surface area (Å²) in [6, 6.07) is 14.5. The summed E-state index contributed by atoms with van der Waals surface area (Å²) in [6.45, 7) is 0. The molecule has 0 saturated heterocycles. The third kappa shape index (κ3) is 5.83. The number of aromatic nitrogens is 1. The highest BCUT2D eigenvalue weighted by Gasteiger charge is 2.13. The average molecular weight is 420 g/mol. The van der Waals surface area contributed by atoms with Crippen LogP contribution in [0.2, 0.25) is 5.02 Å². The van der Waals surface area contributed by atoms with Gasteiger partial charge in [0.25, 0.3) is 0 Å². The fourth-order valence-corrected chi connectivity index (χ4v) is 3.08. The molecule has 7 nitrogen and oxygen atoms in total. The van der Waals surface area contributed by atoms with E-state index in [0.29, 0.717) is 10.2 Å². The summed E-state index contributed by atoms with van der Waals surface area (Å²) < 4.78 is 1.09. The molecule has 0 spiro atoms. The lowest BCUT2D eigenvalue weighted by Gasteiger charge is -2.11. The van der Waals surface area contributed by atoms with E-state index >= 15 is 0 Å². The Kier molecular flexibility index (Phi) is 7.60.